The molecular weight excluding hydrogens is 268 g/mol. The van der Waals surface area contributed by atoms with Crippen LogP contribution in [-0.2, 0) is 6.54 Å². The van der Waals surface area contributed by atoms with Crippen LogP contribution in [0, 0.1) is 17.0 Å². The Labute approximate surface area is 121 Å². The second-order valence-corrected chi connectivity index (χ2v) is 4.83. The van der Waals surface area contributed by atoms with Crippen molar-refractivity contribution in [1.29, 1.82) is 0 Å². The molecule has 21 heavy (non-hydrogen) atoms. The third-order valence-corrected chi connectivity index (χ3v) is 3.22. The van der Waals surface area contributed by atoms with Crippen LogP contribution in [0.5, 0.6) is 0 Å². The van der Waals surface area contributed by atoms with Gasteiger partial charge in [0.1, 0.15) is 11.3 Å². The fraction of sp³-hybridized carbons (Fsp3) is 0.133. The van der Waals surface area contributed by atoms with Crippen LogP contribution in [-0.4, -0.2) is 14.3 Å². The number of nitrogens with one attached hydrogen (secondary N) is 1. The minimum Gasteiger partial charge on any atom is -0.374 e. The van der Waals surface area contributed by atoms with E-state index in [1.54, 1.807) is 12.1 Å². The summed E-state index contributed by atoms with van der Waals surface area (Å²) in [7, 11) is 0. The summed E-state index contributed by atoms with van der Waals surface area (Å²) < 4.78 is 1.92. The number of aromatic nitrogens is 2. The minimum absolute atomic E-state index is 0.0822. The first-order valence-electron chi connectivity index (χ1n) is 6.55. The molecule has 0 aliphatic carbocycles. The lowest BCUT2D eigenvalue weighted by Gasteiger charge is -2.06. The quantitative estimate of drug-likeness (QED) is 0.589. The van der Waals surface area contributed by atoms with Crippen LogP contribution in [0.25, 0.3) is 5.65 Å². The van der Waals surface area contributed by atoms with Crippen LogP contribution in [0.2, 0.25) is 0 Å². The number of aryl methyl sites for hydroxylation is 1. The highest BCUT2D eigenvalue weighted by Gasteiger charge is 2.13. The van der Waals surface area contributed by atoms with E-state index in [4.69, 9.17) is 0 Å². The second-order valence-electron chi connectivity index (χ2n) is 4.83. The number of hydrogen-bond acceptors (Lipinski definition) is 4. The van der Waals surface area contributed by atoms with Gasteiger partial charge in [-0.1, -0.05) is 12.1 Å². The molecule has 6 heteroatoms. The van der Waals surface area contributed by atoms with E-state index in [0.29, 0.717) is 12.2 Å². The van der Waals surface area contributed by atoms with Crippen LogP contribution in [0.3, 0.4) is 0 Å². The zero-order valence-electron chi connectivity index (χ0n) is 11.5. The predicted octanol–water partition coefficient (Wildman–Crippen LogP) is 3.16. The van der Waals surface area contributed by atoms with E-state index in [1.165, 1.54) is 0 Å². The van der Waals surface area contributed by atoms with Gasteiger partial charge in [0.2, 0.25) is 0 Å². The van der Waals surface area contributed by atoms with Gasteiger partial charge in [0.25, 0.3) is 5.69 Å². The molecule has 0 saturated carbocycles. The molecule has 0 aliphatic heterocycles. The SMILES string of the molecule is Cc1ccc(NCc2cn3ccccc3n2)c([N+](=O)[O-])c1. The fourth-order valence-electron chi connectivity index (χ4n) is 2.20. The van der Waals surface area contributed by atoms with Crippen LogP contribution >= 0.6 is 0 Å². The van der Waals surface area contributed by atoms with Gasteiger partial charge in [-0.05, 0) is 30.7 Å². The predicted molar refractivity (Wildman–Crippen MR) is 80.4 cm³/mol. The number of benzene rings is 1. The normalized spacial score (nSPS) is 10.7. The highest BCUT2D eigenvalue weighted by atomic mass is 16.6. The molecular formula is C15H14N4O2. The van der Waals surface area contributed by atoms with Crippen LogP contribution in [0.4, 0.5) is 11.4 Å². The molecule has 0 radical (unpaired) electrons. The fourth-order valence-corrected chi connectivity index (χ4v) is 2.20. The van der Waals surface area contributed by atoms with Gasteiger partial charge in [-0.15, -0.1) is 0 Å². The maximum Gasteiger partial charge on any atom is 0.292 e. The Bertz CT molecular complexity index is 777. The van der Waals surface area contributed by atoms with E-state index in [1.807, 2.05) is 48.0 Å². The molecule has 1 N–H and O–H groups in total. The molecule has 0 saturated heterocycles. The Morgan fingerprint density at radius 3 is 2.95 bits per heavy atom. The van der Waals surface area contributed by atoms with Gasteiger partial charge in [0, 0.05) is 18.5 Å². The van der Waals surface area contributed by atoms with Gasteiger partial charge in [-0.3, -0.25) is 10.1 Å². The largest absolute Gasteiger partial charge is 0.374 e. The van der Waals surface area contributed by atoms with Crippen molar-refractivity contribution in [2.75, 3.05) is 5.32 Å². The molecule has 6 nitrogen and oxygen atoms in total. The molecule has 3 aromatic rings. The molecule has 2 heterocycles. The van der Waals surface area contributed by atoms with Gasteiger partial charge in [-0.25, -0.2) is 4.98 Å². The number of rotatable bonds is 4. The first kappa shape index (κ1) is 13.1. The number of hydrogen-bond donors (Lipinski definition) is 1. The zero-order chi connectivity index (χ0) is 14.8. The maximum atomic E-state index is 11.1. The summed E-state index contributed by atoms with van der Waals surface area (Å²) in [6.45, 7) is 2.27. The summed E-state index contributed by atoms with van der Waals surface area (Å²) in [6, 6.07) is 10.9. The van der Waals surface area contributed by atoms with Crippen molar-refractivity contribution in [2.24, 2.45) is 0 Å². The molecule has 1 aromatic carbocycles. The first-order chi connectivity index (χ1) is 10.1. The van der Waals surface area contributed by atoms with E-state index in [9.17, 15) is 10.1 Å². The lowest BCUT2D eigenvalue weighted by Crippen LogP contribution is -2.03. The highest BCUT2D eigenvalue weighted by molar-refractivity contribution is 5.62. The monoisotopic (exact) mass is 282 g/mol. The van der Waals surface area contributed by atoms with E-state index < -0.39 is 0 Å². The Morgan fingerprint density at radius 1 is 1.33 bits per heavy atom. The maximum absolute atomic E-state index is 11.1. The van der Waals surface area contributed by atoms with Gasteiger partial charge >= 0.3 is 0 Å². The molecule has 0 aliphatic rings. The molecule has 0 unspecified atom stereocenters. The number of nitro benzene ring substituents is 1. The lowest BCUT2D eigenvalue weighted by molar-refractivity contribution is -0.384. The standard InChI is InChI=1S/C15H14N4O2/c1-11-5-6-13(14(8-11)19(20)21)16-9-12-10-18-7-3-2-4-15(18)17-12/h2-8,10,16H,9H2,1H3. The van der Waals surface area contributed by atoms with E-state index >= 15 is 0 Å². The smallest absolute Gasteiger partial charge is 0.292 e. The lowest BCUT2D eigenvalue weighted by atomic mass is 10.2. The third-order valence-electron chi connectivity index (χ3n) is 3.22. The molecule has 0 bridgehead atoms. The molecule has 0 amide bonds. The number of anilines is 1. The average molecular weight is 282 g/mol. The van der Waals surface area contributed by atoms with Gasteiger partial charge in [0.15, 0.2) is 0 Å². The van der Waals surface area contributed by atoms with Crippen LogP contribution in [0.1, 0.15) is 11.3 Å². The number of imidazole rings is 1. The molecule has 0 spiro atoms. The highest BCUT2D eigenvalue weighted by Crippen LogP contribution is 2.25. The van der Waals surface area contributed by atoms with E-state index in [-0.39, 0.29) is 10.6 Å². The number of fused-ring (bicyclic) bond motifs is 1. The summed E-state index contributed by atoms with van der Waals surface area (Å²) in [5.41, 5.74) is 3.13. The topological polar surface area (TPSA) is 72.5 Å². The van der Waals surface area contributed by atoms with Crippen LogP contribution in [0.15, 0.2) is 48.8 Å². The number of pyridine rings is 1. The van der Waals surface area contributed by atoms with Crippen molar-refractivity contribution in [2.45, 2.75) is 13.5 Å². The van der Waals surface area contributed by atoms with Gasteiger partial charge < -0.3 is 9.72 Å². The first-order valence-corrected chi connectivity index (χ1v) is 6.55. The van der Waals surface area contributed by atoms with Crippen molar-refractivity contribution in [3.63, 3.8) is 0 Å². The minimum atomic E-state index is -0.376. The zero-order valence-corrected chi connectivity index (χ0v) is 11.5. The van der Waals surface area contributed by atoms with Crippen molar-refractivity contribution in [3.05, 3.63) is 70.2 Å². The second kappa shape index (κ2) is 5.24. The number of nitro groups is 1. The summed E-state index contributed by atoms with van der Waals surface area (Å²) in [4.78, 5) is 15.1. The Morgan fingerprint density at radius 2 is 2.19 bits per heavy atom. The van der Waals surface area contributed by atoms with Gasteiger partial charge in [-0.2, -0.15) is 0 Å². The third kappa shape index (κ3) is 2.69. The van der Waals surface area contributed by atoms with Crippen molar-refractivity contribution in [1.82, 2.24) is 9.38 Å². The molecule has 0 atom stereocenters. The van der Waals surface area contributed by atoms with Crippen molar-refractivity contribution >= 4 is 17.0 Å². The Balaban J connectivity index is 1.83. The summed E-state index contributed by atoms with van der Waals surface area (Å²) >= 11 is 0. The average Bonchev–Trinajstić information content (AvgIpc) is 2.88. The van der Waals surface area contributed by atoms with E-state index in [0.717, 1.165) is 16.9 Å². The molecule has 106 valence electrons. The molecule has 3 rings (SSSR count). The molecule has 0 fully saturated rings. The number of nitrogens with zero attached hydrogens (tertiary/aromatic N) is 3. The van der Waals surface area contributed by atoms with Crippen molar-refractivity contribution in [3.8, 4) is 0 Å². The summed E-state index contributed by atoms with van der Waals surface area (Å²) in [5, 5.41) is 14.2. The van der Waals surface area contributed by atoms with Crippen LogP contribution < -0.4 is 5.32 Å². The summed E-state index contributed by atoms with van der Waals surface area (Å²) in [6.07, 6.45) is 3.82. The van der Waals surface area contributed by atoms with Gasteiger partial charge in [0.05, 0.1) is 17.2 Å². The Kier molecular flexibility index (Phi) is 3.27. The summed E-state index contributed by atoms with van der Waals surface area (Å²) in [5.74, 6) is 0. The van der Waals surface area contributed by atoms with E-state index in [2.05, 4.69) is 10.3 Å². The van der Waals surface area contributed by atoms with Crippen molar-refractivity contribution < 1.29 is 4.92 Å². The molecule has 2 aromatic heterocycles. The Hall–Kier alpha value is -2.89.